The van der Waals surface area contributed by atoms with E-state index in [4.69, 9.17) is 16.3 Å². The van der Waals surface area contributed by atoms with Gasteiger partial charge in [0.25, 0.3) is 5.91 Å². The molecule has 1 unspecified atom stereocenters. The first-order chi connectivity index (χ1) is 12.3. The van der Waals surface area contributed by atoms with Crippen LogP contribution in [0.3, 0.4) is 0 Å². The number of urea groups is 1. The van der Waals surface area contributed by atoms with Crippen LogP contribution in [0.25, 0.3) is 10.4 Å². The van der Waals surface area contributed by atoms with Crippen molar-refractivity contribution in [1.82, 2.24) is 10.6 Å². The molecule has 0 saturated carbocycles. The molecule has 2 aromatic rings. The van der Waals surface area contributed by atoms with Crippen LogP contribution in [0.1, 0.15) is 30.4 Å². The Labute approximate surface area is 160 Å². The van der Waals surface area contributed by atoms with Crippen molar-refractivity contribution in [2.24, 2.45) is 0 Å². The highest BCUT2D eigenvalue weighted by Crippen LogP contribution is 2.29. The molecule has 1 aromatic carbocycles. The number of imide groups is 1. The highest BCUT2D eigenvalue weighted by atomic mass is 35.5. The van der Waals surface area contributed by atoms with Crippen LogP contribution in [0, 0.1) is 0 Å². The summed E-state index contributed by atoms with van der Waals surface area (Å²) in [5.41, 5.74) is 0.926. The summed E-state index contributed by atoms with van der Waals surface area (Å²) in [6.07, 6.45) is -1.10. The van der Waals surface area contributed by atoms with E-state index in [-0.39, 0.29) is 6.04 Å². The van der Waals surface area contributed by atoms with Gasteiger partial charge in [0.05, 0.1) is 0 Å². The van der Waals surface area contributed by atoms with Crippen molar-refractivity contribution in [3.63, 3.8) is 0 Å². The Balaban J connectivity index is 1.96. The number of hydrogen-bond donors (Lipinski definition) is 2. The normalized spacial score (nSPS) is 11.7. The van der Waals surface area contributed by atoms with Gasteiger partial charge in [0.2, 0.25) is 0 Å². The predicted octanol–water partition coefficient (Wildman–Crippen LogP) is 3.85. The van der Waals surface area contributed by atoms with E-state index in [0.717, 1.165) is 10.4 Å². The number of thiophene rings is 1. The number of nitrogens with one attached hydrogen (secondary N) is 2. The number of hydrogen-bond acceptors (Lipinski definition) is 5. The van der Waals surface area contributed by atoms with Crippen LogP contribution in [0.2, 0.25) is 5.02 Å². The summed E-state index contributed by atoms with van der Waals surface area (Å²) in [6, 6.07) is 9.93. The lowest BCUT2D eigenvalue weighted by molar-refractivity contribution is -0.127. The van der Waals surface area contributed by atoms with Gasteiger partial charge in [0, 0.05) is 15.9 Å². The van der Waals surface area contributed by atoms with E-state index in [2.05, 4.69) is 10.6 Å². The average Bonchev–Trinajstić information content (AvgIpc) is 3.04. The molecule has 1 heterocycles. The van der Waals surface area contributed by atoms with Gasteiger partial charge in [-0.15, -0.1) is 11.3 Å². The molecule has 0 aliphatic carbocycles. The second-order valence-corrected chi connectivity index (χ2v) is 7.36. The summed E-state index contributed by atoms with van der Waals surface area (Å²) < 4.78 is 5.13. The molecule has 2 N–H and O–H groups in total. The molecule has 0 spiro atoms. The molecular weight excluding hydrogens is 376 g/mol. The molecule has 3 amide bonds. The number of amides is 3. The third kappa shape index (κ3) is 5.57. The van der Waals surface area contributed by atoms with Gasteiger partial charge in [0.15, 0.2) is 6.10 Å². The minimum atomic E-state index is -1.10. The molecule has 0 fully saturated rings. The van der Waals surface area contributed by atoms with Crippen LogP contribution in [-0.2, 0) is 9.53 Å². The summed E-state index contributed by atoms with van der Waals surface area (Å²) in [5, 5.41) is 5.28. The molecule has 0 radical (unpaired) electrons. The molecule has 0 saturated heterocycles. The van der Waals surface area contributed by atoms with Gasteiger partial charge in [-0.2, -0.15) is 0 Å². The van der Waals surface area contributed by atoms with E-state index >= 15 is 0 Å². The number of carbonyl (C=O) groups is 3. The maximum atomic E-state index is 12.2. The van der Waals surface area contributed by atoms with E-state index in [1.54, 1.807) is 38.1 Å². The third-order valence-electron chi connectivity index (χ3n) is 3.25. The largest absolute Gasteiger partial charge is 0.448 e. The van der Waals surface area contributed by atoms with Crippen LogP contribution >= 0.6 is 22.9 Å². The lowest BCUT2D eigenvalue weighted by Gasteiger charge is -2.13. The number of halogens is 1. The number of rotatable bonds is 5. The standard InChI is InChI=1S/C18H19ClN2O4S/c1-10(2)20-18(24)21-16(22)11(3)25-17(23)15-9-8-14(26-15)12-4-6-13(19)7-5-12/h4-11H,1-3H3,(H2,20,21,22,24). The topological polar surface area (TPSA) is 84.5 Å². The summed E-state index contributed by atoms with van der Waals surface area (Å²) in [4.78, 5) is 36.9. The highest BCUT2D eigenvalue weighted by Gasteiger charge is 2.22. The van der Waals surface area contributed by atoms with E-state index in [9.17, 15) is 14.4 Å². The van der Waals surface area contributed by atoms with Gasteiger partial charge in [-0.25, -0.2) is 9.59 Å². The Kier molecular flexibility index (Phi) is 6.76. The van der Waals surface area contributed by atoms with Crippen LogP contribution in [-0.4, -0.2) is 30.1 Å². The minimum Gasteiger partial charge on any atom is -0.448 e. The third-order valence-corrected chi connectivity index (χ3v) is 4.61. The van der Waals surface area contributed by atoms with E-state index in [1.165, 1.54) is 18.3 Å². The number of benzene rings is 1. The van der Waals surface area contributed by atoms with E-state index < -0.39 is 24.0 Å². The van der Waals surface area contributed by atoms with E-state index in [1.807, 2.05) is 12.1 Å². The van der Waals surface area contributed by atoms with Crippen LogP contribution < -0.4 is 10.6 Å². The second-order valence-electron chi connectivity index (χ2n) is 5.84. The Bertz CT molecular complexity index is 802. The molecule has 138 valence electrons. The predicted molar refractivity (Wildman–Crippen MR) is 101 cm³/mol. The fraction of sp³-hybridized carbons (Fsp3) is 0.278. The molecule has 1 aromatic heterocycles. The molecule has 0 aliphatic rings. The first-order valence-electron chi connectivity index (χ1n) is 7.94. The zero-order valence-electron chi connectivity index (χ0n) is 14.5. The first-order valence-corrected chi connectivity index (χ1v) is 9.14. The molecule has 2 rings (SSSR count). The molecule has 26 heavy (non-hydrogen) atoms. The maximum absolute atomic E-state index is 12.2. The Morgan fingerprint density at radius 3 is 2.31 bits per heavy atom. The molecular formula is C18H19ClN2O4S. The molecule has 0 bridgehead atoms. The lowest BCUT2D eigenvalue weighted by atomic mass is 10.2. The lowest BCUT2D eigenvalue weighted by Crippen LogP contribution is -2.46. The Morgan fingerprint density at radius 2 is 1.69 bits per heavy atom. The summed E-state index contributed by atoms with van der Waals surface area (Å²) in [5.74, 6) is -1.31. The quantitative estimate of drug-likeness (QED) is 0.754. The molecule has 8 heteroatoms. The Morgan fingerprint density at radius 1 is 1.04 bits per heavy atom. The van der Waals surface area contributed by atoms with Crippen LogP contribution in [0.4, 0.5) is 4.79 Å². The van der Waals surface area contributed by atoms with Crippen molar-refractivity contribution < 1.29 is 19.1 Å². The summed E-state index contributed by atoms with van der Waals surface area (Å²) in [7, 11) is 0. The van der Waals surface area contributed by atoms with Crippen molar-refractivity contribution in [2.75, 3.05) is 0 Å². The Hall–Kier alpha value is -2.38. The van der Waals surface area contributed by atoms with Crippen molar-refractivity contribution in [2.45, 2.75) is 32.9 Å². The SMILES string of the molecule is CC(C)NC(=O)NC(=O)C(C)OC(=O)c1ccc(-c2ccc(Cl)cc2)s1. The van der Waals surface area contributed by atoms with Gasteiger partial charge < -0.3 is 10.1 Å². The van der Waals surface area contributed by atoms with Gasteiger partial charge in [0.1, 0.15) is 4.88 Å². The number of carbonyl (C=O) groups excluding carboxylic acids is 3. The maximum Gasteiger partial charge on any atom is 0.349 e. The second kappa shape index (κ2) is 8.82. The summed E-state index contributed by atoms with van der Waals surface area (Å²) >= 11 is 7.12. The van der Waals surface area contributed by atoms with Gasteiger partial charge in [-0.05, 0) is 50.6 Å². The smallest absolute Gasteiger partial charge is 0.349 e. The van der Waals surface area contributed by atoms with Gasteiger partial charge in [-0.1, -0.05) is 23.7 Å². The minimum absolute atomic E-state index is 0.113. The van der Waals surface area contributed by atoms with Crippen molar-refractivity contribution in [3.05, 3.63) is 46.3 Å². The first kappa shape index (κ1) is 19.9. The zero-order valence-corrected chi connectivity index (χ0v) is 16.1. The fourth-order valence-corrected chi connectivity index (χ4v) is 3.02. The van der Waals surface area contributed by atoms with E-state index in [0.29, 0.717) is 9.90 Å². The molecule has 0 aliphatic heterocycles. The van der Waals surface area contributed by atoms with Crippen LogP contribution in [0.5, 0.6) is 0 Å². The zero-order chi connectivity index (χ0) is 19.3. The van der Waals surface area contributed by atoms with Crippen molar-refractivity contribution in [3.8, 4) is 10.4 Å². The number of esters is 1. The van der Waals surface area contributed by atoms with Crippen molar-refractivity contribution >= 4 is 40.8 Å². The van der Waals surface area contributed by atoms with Gasteiger partial charge in [-0.3, -0.25) is 10.1 Å². The summed E-state index contributed by atoms with van der Waals surface area (Å²) in [6.45, 7) is 4.94. The molecule has 1 atom stereocenters. The van der Waals surface area contributed by atoms with Crippen molar-refractivity contribution in [1.29, 1.82) is 0 Å². The average molecular weight is 395 g/mol. The van der Waals surface area contributed by atoms with Gasteiger partial charge >= 0.3 is 12.0 Å². The molecule has 6 nitrogen and oxygen atoms in total. The highest BCUT2D eigenvalue weighted by molar-refractivity contribution is 7.17. The van der Waals surface area contributed by atoms with Crippen LogP contribution in [0.15, 0.2) is 36.4 Å². The number of ether oxygens (including phenoxy) is 1. The fourth-order valence-electron chi connectivity index (χ4n) is 2.00. The monoisotopic (exact) mass is 394 g/mol.